The highest BCUT2D eigenvalue weighted by molar-refractivity contribution is 5.99. The van der Waals surface area contributed by atoms with Crippen LogP contribution < -0.4 is 4.90 Å². The van der Waals surface area contributed by atoms with E-state index in [2.05, 4.69) is 26.0 Å². The Morgan fingerprint density at radius 1 is 1.07 bits per heavy atom. The fraction of sp³-hybridized carbons (Fsp3) is 0.417. The SMILES string of the molecule is CC(C)[C@H]1CN(C(=O)c2cccc(N3CCCC3=O)c2)C[C@@H](c2ccccc2)O1. The van der Waals surface area contributed by atoms with E-state index in [1.54, 1.807) is 4.90 Å². The molecular weight excluding hydrogens is 364 g/mol. The summed E-state index contributed by atoms with van der Waals surface area (Å²) in [5.74, 6) is 0.434. The molecule has 2 heterocycles. The zero-order valence-electron chi connectivity index (χ0n) is 17.1. The summed E-state index contributed by atoms with van der Waals surface area (Å²) in [5, 5.41) is 0. The average molecular weight is 392 g/mol. The summed E-state index contributed by atoms with van der Waals surface area (Å²) in [6.45, 7) is 6.08. The summed E-state index contributed by atoms with van der Waals surface area (Å²) in [6.07, 6.45) is 1.30. The Labute approximate surface area is 172 Å². The van der Waals surface area contributed by atoms with Crippen LogP contribution in [0.4, 0.5) is 5.69 Å². The van der Waals surface area contributed by atoms with Crippen molar-refractivity contribution in [3.63, 3.8) is 0 Å². The Morgan fingerprint density at radius 2 is 1.86 bits per heavy atom. The van der Waals surface area contributed by atoms with Gasteiger partial charge in [-0.15, -0.1) is 0 Å². The highest BCUT2D eigenvalue weighted by Gasteiger charge is 2.33. The summed E-state index contributed by atoms with van der Waals surface area (Å²) >= 11 is 0. The second-order valence-electron chi connectivity index (χ2n) is 8.23. The molecule has 2 aliphatic rings. The van der Waals surface area contributed by atoms with Crippen molar-refractivity contribution in [2.75, 3.05) is 24.5 Å². The highest BCUT2D eigenvalue weighted by atomic mass is 16.5. The predicted octanol–water partition coefficient (Wildman–Crippen LogP) is 4.05. The van der Waals surface area contributed by atoms with Crippen molar-refractivity contribution < 1.29 is 14.3 Å². The second-order valence-corrected chi connectivity index (χ2v) is 8.23. The Kier molecular flexibility index (Phi) is 5.67. The van der Waals surface area contributed by atoms with Crippen LogP contribution >= 0.6 is 0 Å². The van der Waals surface area contributed by atoms with Crippen LogP contribution in [0.2, 0.25) is 0 Å². The number of anilines is 1. The van der Waals surface area contributed by atoms with Crippen LogP contribution in [0, 0.1) is 5.92 Å². The molecule has 0 spiro atoms. The van der Waals surface area contributed by atoms with E-state index in [0.29, 0.717) is 31.0 Å². The van der Waals surface area contributed by atoms with Crippen molar-refractivity contribution in [2.45, 2.75) is 38.9 Å². The number of nitrogens with zero attached hydrogens (tertiary/aromatic N) is 2. The molecule has 152 valence electrons. The van der Waals surface area contributed by atoms with Crippen molar-refractivity contribution in [3.05, 3.63) is 65.7 Å². The Hall–Kier alpha value is -2.66. The van der Waals surface area contributed by atoms with Crippen LogP contribution in [-0.2, 0) is 9.53 Å². The molecule has 5 nitrogen and oxygen atoms in total. The van der Waals surface area contributed by atoms with Gasteiger partial charge in [-0.2, -0.15) is 0 Å². The van der Waals surface area contributed by atoms with Crippen LogP contribution in [0.3, 0.4) is 0 Å². The fourth-order valence-corrected chi connectivity index (χ4v) is 4.08. The maximum atomic E-state index is 13.4. The summed E-state index contributed by atoms with van der Waals surface area (Å²) in [5.41, 5.74) is 2.53. The van der Waals surface area contributed by atoms with Crippen LogP contribution in [-0.4, -0.2) is 42.5 Å². The van der Waals surface area contributed by atoms with Crippen molar-refractivity contribution in [1.29, 1.82) is 0 Å². The third-order valence-corrected chi connectivity index (χ3v) is 5.81. The Morgan fingerprint density at radius 3 is 2.55 bits per heavy atom. The molecule has 0 bridgehead atoms. The van der Waals surface area contributed by atoms with E-state index in [9.17, 15) is 9.59 Å². The number of amides is 2. The number of carbonyl (C=O) groups is 2. The number of rotatable bonds is 4. The number of carbonyl (C=O) groups excluding carboxylic acids is 2. The van der Waals surface area contributed by atoms with Gasteiger partial charge in [0.15, 0.2) is 0 Å². The van der Waals surface area contributed by atoms with Gasteiger partial charge < -0.3 is 14.5 Å². The van der Waals surface area contributed by atoms with E-state index in [4.69, 9.17) is 4.74 Å². The third kappa shape index (κ3) is 4.20. The van der Waals surface area contributed by atoms with Crippen molar-refractivity contribution in [3.8, 4) is 0 Å². The number of morpholine rings is 1. The first-order valence-corrected chi connectivity index (χ1v) is 10.4. The van der Waals surface area contributed by atoms with Crippen LogP contribution in [0.1, 0.15) is 48.7 Å². The van der Waals surface area contributed by atoms with E-state index in [-0.39, 0.29) is 24.0 Å². The number of hydrogen-bond donors (Lipinski definition) is 0. The third-order valence-electron chi connectivity index (χ3n) is 5.81. The molecule has 5 heteroatoms. The van der Waals surface area contributed by atoms with Crippen molar-refractivity contribution >= 4 is 17.5 Å². The second kappa shape index (κ2) is 8.37. The lowest BCUT2D eigenvalue weighted by Gasteiger charge is -2.40. The lowest BCUT2D eigenvalue weighted by Crippen LogP contribution is -2.48. The summed E-state index contributed by atoms with van der Waals surface area (Å²) < 4.78 is 6.32. The smallest absolute Gasteiger partial charge is 0.254 e. The van der Waals surface area contributed by atoms with Gasteiger partial charge in [-0.1, -0.05) is 50.2 Å². The molecule has 29 heavy (non-hydrogen) atoms. The van der Waals surface area contributed by atoms with E-state index in [1.165, 1.54) is 0 Å². The van der Waals surface area contributed by atoms with E-state index >= 15 is 0 Å². The number of hydrogen-bond acceptors (Lipinski definition) is 3. The largest absolute Gasteiger partial charge is 0.366 e. The van der Waals surface area contributed by atoms with Gasteiger partial charge in [0.2, 0.25) is 5.91 Å². The lowest BCUT2D eigenvalue weighted by atomic mass is 10.0. The minimum absolute atomic E-state index is 0.00613. The van der Waals surface area contributed by atoms with Gasteiger partial charge in [0.25, 0.3) is 5.91 Å². The zero-order chi connectivity index (χ0) is 20.4. The topological polar surface area (TPSA) is 49.9 Å². The fourth-order valence-electron chi connectivity index (χ4n) is 4.08. The van der Waals surface area contributed by atoms with E-state index in [1.807, 2.05) is 47.4 Å². The monoisotopic (exact) mass is 392 g/mol. The number of ether oxygens (including phenoxy) is 1. The Bertz CT molecular complexity index is 881. The van der Waals surface area contributed by atoms with Gasteiger partial charge in [-0.25, -0.2) is 0 Å². The molecule has 2 saturated heterocycles. The van der Waals surface area contributed by atoms with Gasteiger partial charge in [0.1, 0.15) is 6.10 Å². The number of benzene rings is 2. The molecule has 2 atom stereocenters. The summed E-state index contributed by atoms with van der Waals surface area (Å²) in [7, 11) is 0. The van der Waals surface area contributed by atoms with Gasteiger partial charge in [-0.05, 0) is 36.1 Å². The van der Waals surface area contributed by atoms with Crippen LogP contribution in [0.15, 0.2) is 54.6 Å². The molecule has 0 radical (unpaired) electrons. The maximum absolute atomic E-state index is 13.4. The van der Waals surface area contributed by atoms with E-state index < -0.39 is 0 Å². The van der Waals surface area contributed by atoms with Crippen LogP contribution in [0.5, 0.6) is 0 Å². The first-order valence-electron chi connectivity index (χ1n) is 10.4. The Balaban J connectivity index is 1.57. The molecule has 2 aliphatic heterocycles. The molecule has 0 saturated carbocycles. The van der Waals surface area contributed by atoms with E-state index in [0.717, 1.165) is 24.2 Å². The molecule has 4 rings (SSSR count). The van der Waals surface area contributed by atoms with Gasteiger partial charge in [0, 0.05) is 30.8 Å². The molecule has 0 N–H and O–H groups in total. The van der Waals surface area contributed by atoms with Gasteiger partial charge in [-0.3, -0.25) is 9.59 Å². The standard InChI is InChI=1S/C24H28N2O3/c1-17(2)21-15-25(16-22(29-21)18-8-4-3-5-9-18)24(28)19-10-6-11-20(14-19)26-13-7-12-23(26)27/h3-6,8-11,14,17,21-22H,7,12-13,15-16H2,1-2H3/t21-,22+/m1/s1. The van der Waals surface area contributed by atoms with Gasteiger partial charge in [0.05, 0.1) is 12.6 Å². The molecule has 0 aromatic heterocycles. The van der Waals surface area contributed by atoms with Gasteiger partial charge >= 0.3 is 0 Å². The average Bonchev–Trinajstić information content (AvgIpc) is 3.19. The first-order chi connectivity index (χ1) is 14.0. The molecule has 2 aromatic rings. The maximum Gasteiger partial charge on any atom is 0.254 e. The van der Waals surface area contributed by atoms with Crippen LogP contribution in [0.25, 0.3) is 0 Å². The predicted molar refractivity (Wildman–Crippen MR) is 113 cm³/mol. The molecule has 2 amide bonds. The minimum atomic E-state index is -0.135. The van der Waals surface area contributed by atoms with Crippen molar-refractivity contribution in [1.82, 2.24) is 4.90 Å². The zero-order valence-corrected chi connectivity index (χ0v) is 17.1. The molecule has 0 unspecified atom stereocenters. The normalized spacial score (nSPS) is 22.4. The first kappa shape index (κ1) is 19.6. The highest BCUT2D eigenvalue weighted by Crippen LogP contribution is 2.30. The molecule has 2 aromatic carbocycles. The van der Waals surface area contributed by atoms with Crippen molar-refractivity contribution in [2.24, 2.45) is 5.92 Å². The molecule has 0 aliphatic carbocycles. The molecule has 2 fully saturated rings. The lowest BCUT2D eigenvalue weighted by molar-refractivity contribution is -0.117. The summed E-state index contributed by atoms with van der Waals surface area (Å²) in [4.78, 5) is 29.1. The quantitative estimate of drug-likeness (QED) is 0.789. The molecular formula is C24H28N2O3. The summed E-state index contributed by atoms with van der Waals surface area (Å²) in [6, 6.07) is 17.5. The minimum Gasteiger partial charge on any atom is -0.366 e.